The first-order valence-electron chi connectivity index (χ1n) is 12.3. The van der Waals surface area contributed by atoms with Crippen LogP contribution in [0.25, 0.3) is 22.6 Å². The molecule has 0 bridgehead atoms. The summed E-state index contributed by atoms with van der Waals surface area (Å²) >= 11 is 0. The van der Waals surface area contributed by atoms with Crippen LogP contribution >= 0.6 is 0 Å². The molecule has 1 saturated heterocycles. The van der Waals surface area contributed by atoms with Gasteiger partial charge in [-0.2, -0.15) is 0 Å². The summed E-state index contributed by atoms with van der Waals surface area (Å²) in [6.07, 6.45) is 0.487. The Kier molecular flexibility index (Phi) is 7.54. The third-order valence-electron chi connectivity index (χ3n) is 6.98. The van der Waals surface area contributed by atoms with Gasteiger partial charge in [0.2, 0.25) is 5.89 Å². The van der Waals surface area contributed by atoms with Gasteiger partial charge in [0.05, 0.1) is 14.2 Å². The van der Waals surface area contributed by atoms with Crippen molar-refractivity contribution in [1.82, 2.24) is 14.9 Å². The Morgan fingerprint density at radius 3 is 2.14 bits per heavy atom. The van der Waals surface area contributed by atoms with E-state index in [4.69, 9.17) is 18.9 Å². The fourth-order valence-corrected chi connectivity index (χ4v) is 4.67. The van der Waals surface area contributed by atoms with Crippen LogP contribution in [-0.4, -0.2) is 66.5 Å². The molecule has 2 amide bonds. The number of carbonyl (C=O) groups excluding carboxylic acids is 2. The van der Waals surface area contributed by atoms with Crippen molar-refractivity contribution in [2.75, 3.05) is 34.4 Å². The summed E-state index contributed by atoms with van der Waals surface area (Å²) in [6, 6.07) is 15.1. The van der Waals surface area contributed by atoms with Crippen LogP contribution in [0.2, 0.25) is 0 Å². The largest absolute Gasteiger partial charge is 0.497 e. The van der Waals surface area contributed by atoms with Gasteiger partial charge in [0.1, 0.15) is 16.9 Å². The SMILES string of the molecule is COC(=O)C1(c2nc(-c3ccc(OC)cc3)c(-c3ccc(C(C)C)cc3)o2)CCN(C(=O)N(C)O)CC1. The highest BCUT2D eigenvalue weighted by Gasteiger charge is 2.49. The molecule has 1 aromatic heterocycles. The summed E-state index contributed by atoms with van der Waals surface area (Å²) in [5, 5.41) is 10.1. The lowest BCUT2D eigenvalue weighted by Gasteiger charge is -2.38. The molecule has 1 aliphatic rings. The molecule has 0 atom stereocenters. The first kappa shape index (κ1) is 26.2. The van der Waals surface area contributed by atoms with Gasteiger partial charge in [0, 0.05) is 31.3 Å². The first-order valence-corrected chi connectivity index (χ1v) is 12.3. The topological polar surface area (TPSA) is 105 Å². The average molecular weight is 508 g/mol. The Labute approximate surface area is 216 Å². The van der Waals surface area contributed by atoms with Gasteiger partial charge in [-0.05, 0) is 48.6 Å². The highest BCUT2D eigenvalue weighted by molar-refractivity contribution is 5.84. The Balaban J connectivity index is 1.81. The molecule has 0 radical (unpaired) electrons. The van der Waals surface area contributed by atoms with Crippen molar-refractivity contribution in [2.24, 2.45) is 0 Å². The molecule has 0 spiro atoms. The Morgan fingerprint density at radius 2 is 1.62 bits per heavy atom. The molecule has 0 aliphatic carbocycles. The highest BCUT2D eigenvalue weighted by atomic mass is 16.5. The number of carbonyl (C=O) groups is 2. The fourth-order valence-electron chi connectivity index (χ4n) is 4.67. The minimum atomic E-state index is -1.17. The molecule has 196 valence electrons. The van der Waals surface area contributed by atoms with Gasteiger partial charge in [0.15, 0.2) is 5.76 Å². The van der Waals surface area contributed by atoms with Gasteiger partial charge in [-0.3, -0.25) is 10.0 Å². The van der Waals surface area contributed by atoms with Gasteiger partial charge >= 0.3 is 12.0 Å². The predicted octanol–water partition coefficient (Wildman–Crippen LogP) is 5.09. The summed E-state index contributed by atoms with van der Waals surface area (Å²) in [5.74, 6) is 1.42. The van der Waals surface area contributed by atoms with E-state index in [2.05, 4.69) is 26.0 Å². The fraction of sp³-hybridized carbons (Fsp3) is 0.393. The van der Waals surface area contributed by atoms with Crippen LogP contribution in [0.3, 0.4) is 0 Å². The average Bonchev–Trinajstić information content (AvgIpc) is 3.38. The Hall–Kier alpha value is -3.85. The third-order valence-corrected chi connectivity index (χ3v) is 6.98. The van der Waals surface area contributed by atoms with E-state index in [1.54, 1.807) is 7.11 Å². The Morgan fingerprint density at radius 1 is 1.03 bits per heavy atom. The lowest BCUT2D eigenvalue weighted by atomic mass is 9.78. The minimum Gasteiger partial charge on any atom is -0.497 e. The quantitative estimate of drug-likeness (QED) is 0.281. The number of oxazole rings is 1. The molecule has 1 aliphatic heterocycles. The third kappa shape index (κ3) is 5.04. The predicted molar refractivity (Wildman–Crippen MR) is 137 cm³/mol. The lowest BCUT2D eigenvalue weighted by Crippen LogP contribution is -2.51. The second kappa shape index (κ2) is 10.6. The van der Waals surface area contributed by atoms with E-state index in [1.807, 2.05) is 36.4 Å². The van der Waals surface area contributed by atoms with Crippen LogP contribution in [0.4, 0.5) is 4.79 Å². The zero-order chi connectivity index (χ0) is 26.7. The van der Waals surface area contributed by atoms with Gasteiger partial charge in [0.25, 0.3) is 0 Å². The molecule has 0 unspecified atom stereocenters. The zero-order valence-electron chi connectivity index (χ0n) is 21.9. The van der Waals surface area contributed by atoms with E-state index in [-0.39, 0.29) is 31.8 Å². The second-order valence-corrected chi connectivity index (χ2v) is 9.57. The smallest absolute Gasteiger partial charge is 0.343 e. The van der Waals surface area contributed by atoms with E-state index >= 15 is 0 Å². The van der Waals surface area contributed by atoms with Gasteiger partial charge in [-0.15, -0.1) is 0 Å². The van der Waals surface area contributed by atoms with Gasteiger partial charge < -0.3 is 18.8 Å². The van der Waals surface area contributed by atoms with Gasteiger partial charge in [-0.25, -0.2) is 14.8 Å². The molecule has 1 N–H and O–H groups in total. The van der Waals surface area contributed by atoms with Crippen molar-refractivity contribution >= 4 is 12.0 Å². The molecular weight excluding hydrogens is 474 g/mol. The molecule has 1 fully saturated rings. The number of ether oxygens (including phenoxy) is 2. The summed E-state index contributed by atoms with van der Waals surface area (Å²) in [7, 11) is 4.22. The van der Waals surface area contributed by atoms with E-state index in [0.717, 1.165) is 11.1 Å². The first-order chi connectivity index (χ1) is 17.7. The van der Waals surface area contributed by atoms with E-state index in [0.29, 0.717) is 28.2 Å². The normalized spacial score (nSPS) is 14.9. The van der Waals surface area contributed by atoms with Gasteiger partial charge in [-0.1, -0.05) is 38.1 Å². The standard InChI is InChI=1S/C28H33N3O6/c1-18(2)19-6-8-21(9-7-19)24-23(20-10-12-22(35-4)13-11-20)29-25(37-24)28(26(32)36-5)14-16-31(17-15-28)27(33)30(3)34/h6-13,18,34H,14-17H2,1-5H3. The monoisotopic (exact) mass is 507 g/mol. The molecule has 2 heterocycles. The lowest BCUT2D eigenvalue weighted by molar-refractivity contribution is -0.150. The molecule has 9 nitrogen and oxygen atoms in total. The number of hydrogen-bond acceptors (Lipinski definition) is 7. The van der Waals surface area contributed by atoms with Crippen LogP contribution in [0, 0.1) is 0 Å². The number of esters is 1. The van der Waals surface area contributed by atoms with Crippen LogP contribution < -0.4 is 4.74 Å². The van der Waals surface area contributed by atoms with Crippen molar-refractivity contribution in [1.29, 1.82) is 0 Å². The number of benzene rings is 2. The van der Waals surface area contributed by atoms with Crippen molar-refractivity contribution in [3.63, 3.8) is 0 Å². The number of urea groups is 1. The van der Waals surface area contributed by atoms with E-state index < -0.39 is 17.4 Å². The maximum absolute atomic E-state index is 13.2. The number of hydroxylamine groups is 2. The van der Waals surface area contributed by atoms with Crippen molar-refractivity contribution < 1.29 is 28.7 Å². The van der Waals surface area contributed by atoms with Crippen molar-refractivity contribution in [3.05, 3.63) is 60.0 Å². The molecule has 2 aromatic carbocycles. The maximum atomic E-state index is 13.2. The number of aromatic nitrogens is 1. The molecule has 37 heavy (non-hydrogen) atoms. The summed E-state index contributed by atoms with van der Waals surface area (Å²) < 4.78 is 16.9. The van der Waals surface area contributed by atoms with E-state index in [9.17, 15) is 14.8 Å². The number of methoxy groups -OCH3 is 2. The van der Waals surface area contributed by atoms with Crippen LogP contribution in [0.1, 0.15) is 44.1 Å². The number of nitrogens with zero attached hydrogens (tertiary/aromatic N) is 3. The molecule has 4 rings (SSSR count). The number of hydrogen-bond donors (Lipinski definition) is 1. The summed E-state index contributed by atoms with van der Waals surface area (Å²) in [6.45, 7) is 4.74. The summed E-state index contributed by atoms with van der Waals surface area (Å²) in [4.78, 5) is 31.8. The van der Waals surface area contributed by atoms with Crippen molar-refractivity contribution in [2.45, 2.75) is 38.0 Å². The molecule has 9 heteroatoms. The van der Waals surface area contributed by atoms with Crippen LogP contribution in [0.15, 0.2) is 52.9 Å². The van der Waals surface area contributed by atoms with Crippen LogP contribution in [-0.2, 0) is 14.9 Å². The number of amides is 2. The zero-order valence-corrected chi connectivity index (χ0v) is 21.9. The number of rotatable bonds is 6. The minimum absolute atomic E-state index is 0.234. The summed E-state index contributed by atoms with van der Waals surface area (Å²) in [5.41, 5.74) is 2.28. The second-order valence-electron chi connectivity index (χ2n) is 9.57. The van der Waals surface area contributed by atoms with Crippen molar-refractivity contribution in [3.8, 4) is 28.3 Å². The van der Waals surface area contributed by atoms with E-state index in [1.165, 1.54) is 24.6 Å². The number of piperidine rings is 1. The maximum Gasteiger partial charge on any atom is 0.343 e. The molecule has 0 saturated carbocycles. The number of likely N-dealkylation sites (tertiary alicyclic amines) is 1. The van der Waals surface area contributed by atoms with Crippen LogP contribution in [0.5, 0.6) is 5.75 Å². The molecular formula is C28H33N3O6. The molecule has 3 aromatic rings. The highest BCUT2D eigenvalue weighted by Crippen LogP contribution is 2.42. The Bertz CT molecular complexity index is 1240.